The molecule has 2 aromatic carbocycles. The first kappa shape index (κ1) is 20.2. The molecule has 10 heteroatoms. The molecule has 2 aliphatic heterocycles. The lowest BCUT2D eigenvalue weighted by Crippen LogP contribution is -2.53. The summed E-state index contributed by atoms with van der Waals surface area (Å²) in [4.78, 5) is 39.8. The second-order valence-electron chi connectivity index (χ2n) is 6.98. The number of amides is 3. The van der Waals surface area contributed by atoms with Crippen molar-refractivity contribution < 1.29 is 27.2 Å². The molecule has 8 nitrogen and oxygen atoms in total. The van der Waals surface area contributed by atoms with Gasteiger partial charge in [-0.3, -0.25) is 19.3 Å². The highest BCUT2D eigenvalue weighted by atomic mass is 32.2. The zero-order valence-electron chi connectivity index (χ0n) is 15.8. The van der Waals surface area contributed by atoms with Crippen LogP contribution in [0, 0.1) is 5.82 Å². The van der Waals surface area contributed by atoms with Crippen LogP contribution in [-0.4, -0.2) is 73.0 Å². The van der Waals surface area contributed by atoms with E-state index < -0.39 is 40.1 Å². The molecule has 156 valence electrons. The molecule has 1 fully saturated rings. The number of hydrogen-bond acceptors (Lipinski definition) is 5. The summed E-state index contributed by atoms with van der Waals surface area (Å²) in [6, 6.07) is 10.9. The van der Waals surface area contributed by atoms with Crippen molar-refractivity contribution in [2.75, 3.05) is 32.7 Å². The van der Waals surface area contributed by atoms with Crippen LogP contribution in [0.25, 0.3) is 0 Å². The van der Waals surface area contributed by atoms with Crippen LogP contribution in [0.2, 0.25) is 0 Å². The van der Waals surface area contributed by atoms with Gasteiger partial charge in [-0.15, -0.1) is 0 Å². The van der Waals surface area contributed by atoms with Gasteiger partial charge >= 0.3 is 0 Å². The number of sulfonamides is 1. The van der Waals surface area contributed by atoms with Gasteiger partial charge in [0.1, 0.15) is 12.4 Å². The molecule has 2 aliphatic rings. The number of hydrogen-bond donors (Lipinski definition) is 0. The SMILES string of the molecule is O=C(CN1C(=O)c2ccccc2C1=O)N1CCN(S(=O)(=O)c2ccc(F)cc2)CC1. The normalized spacial score (nSPS) is 17.4. The smallest absolute Gasteiger partial charge is 0.262 e. The Morgan fingerprint density at radius 3 is 1.93 bits per heavy atom. The van der Waals surface area contributed by atoms with Gasteiger partial charge < -0.3 is 4.90 Å². The van der Waals surface area contributed by atoms with Crippen molar-refractivity contribution in [3.63, 3.8) is 0 Å². The van der Waals surface area contributed by atoms with Crippen LogP contribution in [0.5, 0.6) is 0 Å². The summed E-state index contributed by atoms with van der Waals surface area (Å²) >= 11 is 0. The summed E-state index contributed by atoms with van der Waals surface area (Å²) in [7, 11) is -3.79. The fraction of sp³-hybridized carbons (Fsp3) is 0.250. The van der Waals surface area contributed by atoms with Crippen LogP contribution in [0.4, 0.5) is 4.39 Å². The monoisotopic (exact) mass is 431 g/mol. The standard InChI is InChI=1S/C20H18FN3O5S/c21-14-5-7-15(8-6-14)30(28,29)23-11-9-22(10-12-23)18(25)13-24-19(26)16-3-1-2-4-17(16)20(24)27/h1-8H,9-13H2. The van der Waals surface area contributed by atoms with E-state index in [2.05, 4.69) is 0 Å². The quantitative estimate of drug-likeness (QED) is 0.672. The van der Waals surface area contributed by atoms with Crippen molar-refractivity contribution >= 4 is 27.7 Å². The zero-order valence-corrected chi connectivity index (χ0v) is 16.6. The maximum Gasteiger partial charge on any atom is 0.262 e. The Bertz CT molecular complexity index is 1090. The van der Waals surface area contributed by atoms with Crippen molar-refractivity contribution in [1.29, 1.82) is 0 Å². The number of piperazine rings is 1. The Morgan fingerprint density at radius 2 is 1.40 bits per heavy atom. The van der Waals surface area contributed by atoms with Crippen LogP contribution in [-0.2, 0) is 14.8 Å². The van der Waals surface area contributed by atoms with E-state index in [1.807, 2.05) is 0 Å². The molecule has 30 heavy (non-hydrogen) atoms. The van der Waals surface area contributed by atoms with Gasteiger partial charge in [0.15, 0.2) is 0 Å². The molecule has 3 amide bonds. The molecule has 0 radical (unpaired) electrons. The summed E-state index contributed by atoms with van der Waals surface area (Å²) in [6.07, 6.45) is 0. The van der Waals surface area contributed by atoms with Crippen LogP contribution >= 0.6 is 0 Å². The van der Waals surface area contributed by atoms with E-state index in [9.17, 15) is 27.2 Å². The van der Waals surface area contributed by atoms with E-state index in [1.54, 1.807) is 24.3 Å². The minimum Gasteiger partial charge on any atom is -0.338 e. The molecule has 0 spiro atoms. The Hall–Kier alpha value is -3.11. The van der Waals surface area contributed by atoms with E-state index in [0.29, 0.717) is 0 Å². The Kier molecular flexibility index (Phi) is 5.12. The fourth-order valence-corrected chi connectivity index (χ4v) is 4.97. The molecule has 0 unspecified atom stereocenters. The molecule has 4 rings (SSSR count). The number of benzene rings is 2. The highest BCUT2D eigenvalue weighted by Crippen LogP contribution is 2.23. The van der Waals surface area contributed by atoms with Crippen LogP contribution in [0.15, 0.2) is 53.4 Å². The third kappa shape index (κ3) is 3.48. The lowest BCUT2D eigenvalue weighted by Gasteiger charge is -2.34. The molecular formula is C20H18FN3O5S. The first-order chi connectivity index (χ1) is 14.3. The molecule has 0 N–H and O–H groups in total. The number of halogens is 1. The second kappa shape index (κ2) is 7.62. The molecule has 0 aromatic heterocycles. The molecule has 0 bridgehead atoms. The molecule has 0 saturated carbocycles. The predicted molar refractivity (Wildman–Crippen MR) is 104 cm³/mol. The number of carbonyl (C=O) groups excluding carboxylic acids is 3. The van der Waals surface area contributed by atoms with E-state index in [0.717, 1.165) is 17.0 Å². The minimum atomic E-state index is -3.79. The number of nitrogens with zero attached hydrogens (tertiary/aromatic N) is 3. The molecule has 0 atom stereocenters. The summed E-state index contributed by atoms with van der Waals surface area (Å²) in [5.74, 6) is -1.98. The maximum atomic E-state index is 13.1. The van der Waals surface area contributed by atoms with Crippen LogP contribution in [0.3, 0.4) is 0 Å². The zero-order chi connectivity index (χ0) is 21.5. The third-order valence-electron chi connectivity index (χ3n) is 5.21. The van der Waals surface area contributed by atoms with Gasteiger partial charge in [0.2, 0.25) is 15.9 Å². The first-order valence-electron chi connectivity index (χ1n) is 9.28. The average Bonchev–Trinajstić information content (AvgIpc) is 2.99. The number of imide groups is 1. The van der Waals surface area contributed by atoms with E-state index >= 15 is 0 Å². The van der Waals surface area contributed by atoms with Crippen molar-refractivity contribution in [3.8, 4) is 0 Å². The Labute approximate surface area is 172 Å². The Balaban J connectivity index is 1.39. The number of fused-ring (bicyclic) bond motifs is 1. The van der Waals surface area contributed by atoms with Gasteiger partial charge in [0, 0.05) is 26.2 Å². The van der Waals surface area contributed by atoms with Crippen LogP contribution in [0.1, 0.15) is 20.7 Å². The average molecular weight is 431 g/mol. The highest BCUT2D eigenvalue weighted by Gasteiger charge is 2.38. The van der Waals surface area contributed by atoms with Gasteiger partial charge in [0.05, 0.1) is 16.0 Å². The van der Waals surface area contributed by atoms with Crippen molar-refractivity contribution in [2.45, 2.75) is 4.90 Å². The van der Waals surface area contributed by atoms with Gasteiger partial charge in [-0.05, 0) is 36.4 Å². The molecule has 2 aromatic rings. The van der Waals surface area contributed by atoms with E-state index in [1.165, 1.54) is 21.3 Å². The summed E-state index contributed by atoms with van der Waals surface area (Å²) in [5.41, 5.74) is 0.538. The predicted octanol–water partition coefficient (Wildman–Crippen LogP) is 0.955. The van der Waals surface area contributed by atoms with Crippen molar-refractivity contribution in [3.05, 3.63) is 65.5 Å². The minimum absolute atomic E-state index is 0.0188. The molecule has 1 saturated heterocycles. The van der Waals surface area contributed by atoms with E-state index in [4.69, 9.17) is 0 Å². The van der Waals surface area contributed by atoms with Gasteiger partial charge in [-0.25, -0.2) is 12.8 Å². The summed E-state index contributed by atoms with van der Waals surface area (Å²) < 4.78 is 39.6. The van der Waals surface area contributed by atoms with Gasteiger partial charge in [0.25, 0.3) is 11.8 Å². The number of rotatable bonds is 4. The lowest BCUT2D eigenvalue weighted by molar-refractivity contribution is -0.132. The summed E-state index contributed by atoms with van der Waals surface area (Å²) in [6.45, 7) is -0.0109. The largest absolute Gasteiger partial charge is 0.338 e. The number of carbonyl (C=O) groups is 3. The Morgan fingerprint density at radius 1 is 0.867 bits per heavy atom. The maximum absolute atomic E-state index is 13.1. The first-order valence-corrected chi connectivity index (χ1v) is 10.7. The third-order valence-corrected chi connectivity index (χ3v) is 7.13. The van der Waals surface area contributed by atoms with Gasteiger partial charge in [-0.2, -0.15) is 4.31 Å². The van der Waals surface area contributed by atoms with E-state index in [-0.39, 0.29) is 42.2 Å². The van der Waals surface area contributed by atoms with Crippen molar-refractivity contribution in [1.82, 2.24) is 14.1 Å². The summed E-state index contributed by atoms with van der Waals surface area (Å²) in [5, 5.41) is 0. The van der Waals surface area contributed by atoms with Crippen LogP contribution < -0.4 is 0 Å². The molecule has 0 aliphatic carbocycles. The lowest BCUT2D eigenvalue weighted by atomic mass is 10.1. The highest BCUT2D eigenvalue weighted by molar-refractivity contribution is 7.89. The second-order valence-corrected chi connectivity index (χ2v) is 8.92. The molecule has 2 heterocycles. The van der Waals surface area contributed by atoms with Crippen molar-refractivity contribution in [2.24, 2.45) is 0 Å². The van der Waals surface area contributed by atoms with Gasteiger partial charge in [-0.1, -0.05) is 12.1 Å². The molecular weight excluding hydrogens is 413 g/mol. The topological polar surface area (TPSA) is 95.1 Å². The fourth-order valence-electron chi connectivity index (χ4n) is 3.55.